The van der Waals surface area contributed by atoms with E-state index in [2.05, 4.69) is 5.32 Å². The van der Waals surface area contributed by atoms with Gasteiger partial charge in [-0.05, 0) is 13.0 Å². The van der Waals surface area contributed by atoms with Crippen molar-refractivity contribution in [1.29, 1.82) is 5.26 Å². The molecule has 74 valence electrons. The van der Waals surface area contributed by atoms with Crippen LogP contribution in [0.25, 0.3) is 0 Å². The number of thiophene rings is 1. The summed E-state index contributed by atoms with van der Waals surface area (Å²) in [5.74, 6) is -0.373. The van der Waals surface area contributed by atoms with Gasteiger partial charge in [0.25, 0.3) is 0 Å². The second kappa shape index (κ2) is 4.74. The Balaban J connectivity index is 2.46. The van der Waals surface area contributed by atoms with Crippen molar-refractivity contribution < 1.29 is 4.79 Å². The fourth-order valence-electron chi connectivity index (χ4n) is 0.886. The van der Waals surface area contributed by atoms with Crippen LogP contribution < -0.4 is 11.1 Å². The predicted molar refractivity (Wildman–Crippen MR) is 54.5 cm³/mol. The minimum Gasteiger partial charge on any atom is -0.368 e. The minimum atomic E-state index is -0.373. The number of hydrogen-bond acceptors (Lipinski definition) is 4. The van der Waals surface area contributed by atoms with Crippen LogP contribution in [0.15, 0.2) is 11.4 Å². The van der Waals surface area contributed by atoms with Crippen molar-refractivity contribution in [3.63, 3.8) is 0 Å². The van der Waals surface area contributed by atoms with E-state index in [1.807, 2.05) is 6.07 Å². The van der Waals surface area contributed by atoms with Crippen LogP contribution in [0.5, 0.6) is 0 Å². The third-order valence-corrected chi connectivity index (χ3v) is 2.73. The molecule has 1 amide bonds. The number of amides is 1. The van der Waals surface area contributed by atoms with Crippen molar-refractivity contribution in [3.05, 3.63) is 21.9 Å². The lowest BCUT2D eigenvalue weighted by atomic mass is 10.3. The van der Waals surface area contributed by atoms with Gasteiger partial charge in [-0.3, -0.25) is 4.79 Å². The standard InChI is InChI=1S/C9H11N3OS/c1-6(9(11)13)12-4-8-2-7(3-10)5-14-8/h2,5-6,12H,4H2,1H3,(H2,11,13)/t6-/m0/s1. The zero-order chi connectivity index (χ0) is 10.6. The van der Waals surface area contributed by atoms with Crippen LogP contribution in [-0.2, 0) is 11.3 Å². The lowest BCUT2D eigenvalue weighted by Crippen LogP contribution is -2.38. The summed E-state index contributed by atoms with van der Waals surface area (Å²) in [5.41, 5.74) is 5.73. The SMILES string of the molecule is C[C@H](NCc1cc(C#N)cs1)C(N)=O. The quantitative estimate of drug-likeness (QED) is 0.761. The van der Waals surface area contributed by atoms with Crippen molar-refractivity contribution in [2.45, 2.75) is 19.5 Å². The van der Waals surface area contributed by atoms with Crippen LogP contribution >= 0.6 is 11.3 Å². The third-order valence-electron chi connectivity index (χ3n) is 1.79. The monoisotopic (exact) mass is 209 g/mol. The van der Waals surface area contributed by atoms with Gasteiger partial charge in [0.05, 0.1) is 11.6 Å². The highest BCUT2D eigenvalue weighted by molar-refractivity contribution is 7.10. The maximum absolute atomic E-state index is 10.7. The Hall–Kier alpha value is -1.38. The van der Waals surface area contributed by atoms with Crippen LogP contribution in [0.3, 0.4) is 0 Å². The summed E-state index contributed by atoms with van der Waals surface area (Å²) < 4.78 is 0. The first-order chi connectivity index (χ1) is 6.63. The first-order valence-electron chi connectivity index (χ1n) is 4.13. The van der Waals surface area contributed by atoms with E-state index in [4.69, 9.17) is 11.0 Å². The van der Waals surface area contributed by atoms with Gasteiger partial charge in [-0.25, -0.2) is 0 Å². The number of rotatable bonds is 4. The van der Waals surface area contributed by atoms with Gasteiger partial charge in [-0.15, -0.1) is 11.3 Å². The van der Waals surface area contributed by atoms with E-state index < -0.39 is 0 Å². The number of nitriles is 1. The highest BCUT2D eigenvalue weighted by Crippen LogP contribution is 2.13. The van der Waals surface area contributed by atoms with E-state index in [1.165, 1.54) is 11.3 Å². The van der Waals surface area contributed by atoms with Gasteiger partial charge in [0.2, 0.25) is 5.91 Å². The average Bonchev–Trinajstić information content (AvgIpc) is 2.61. The molecule has 1 aromatic rings. The lowest BCUT2D eigenvalue weighted by Gasteiger charge is -2.07. The molecule has 0 saturated carbocycles. The van der Waals surface area contributed by atoms with Crippen molar-refractivity contribution in [2.24, 2.45) is 5.73 Å². The van der Waals surface area contributed by atoms with E-state index in [1.54, 1.807) is 18.4 Å². The Kier molecular flexibility index (Phi) is 3.63. The number of hydrogen-bond donors (Lipinski definition) is 2. The minimum absolute atomic E-state index is 0.345. The fourth-order valence-corrected chi connectivity index (χ4v) is 1.65. The number of nitrogens with two attached hydrogens (primary N) is 1. The molecule has 3 N–H and O–H groups in total. The molecular formula is C9H11N3OS. The molecule has 0 aromatic carbocycles. The molecule has 0 radical (unpaired) electrons. The Morgan fingerprint density at radius 1 is 1.86 bits per heavy atom. The van der Waals surface area contributed by atoms with Gasteiger partial charge in [0, 0.05) is 16.8 Å². The summed E-state index contributed by atoms with van der Waals surface area (Å²) in [6.07, 6.45) is 0. The molecule has 0 fully saturated rings. The van der Waals surface area contributed by atoms with Crippen LogP contribution in [-0.4, -0.2) is 11.9 Å². The molecule has 0 spiro atoms. The van der Waals surface area contributed by atoms with Crippen LogP contribution in [0.1, 0.15) is 17.4 Å². The summed E-state index contributed by atoms with van der Waals surface area (Å²) in [6.45, 7) is 2.28. The molecule has 1 atom stereocenters. The number of nitrogens with one attached hydrogen (secondary N) is 1. The Bertz CT molecular complexity index is 366. The van der Waals surface area contributed by atoms with E-state index in [0.29, 0.717) is 12.1 Å². The topological polar surface area (TPSA) is 78.9 Å². The Labute approximate surface area is 86.3 Å². The van der Waals surface area contributed by atoms with Gasteiger partial charge >= 0.3 is 0 Å². The largest absolute Gasteiger partial charge is 0.368 e. The highest BCUT2D eigenvalue weighted by Gasteiger charge is 2.07. The summed E-state index contributed by atoms with van der Waals surface area (Å²) in [5, 5.41) is 13.3. The molecule has 1 heterocycles. The zero-order valence-corrected chi connectivity index (χ0v) is 8.60. The van der Waals surface area contributed by atoms with Gasteiger partial charge in [0.15, 0.2) is 0 Å². The summed E-state index contributed by atoms with van der Waals surface area (Å²) in [6, 6.07) is 3.50. The first-order valence-corrected chi connectivity index (χ1v) is 5.01. The van der Waals surface area contributed by atoms with Gasteiger partial charge in [-0.1, -0.05) is 0 Å². The lowest BCUT2D eigenvalue weighted by molar-refractivity contribution is -0.119. The van der Waals surface area contributed by atoms with E-state index in [-0.39, 0.29) is 11.9 Å². The molecule has 14 heavy (non-hydrogen) atoms. The number of primary amides is 1. The molecule has 1 rings (SSSR count). The van der Waals surface area contributed by atoms with Crippen molar-refractivity contribution in [1.82, 2.24) is 5.32 Å². The smallest absolute Gasteiger partial charge is 0.234 e. The van der Waals surface area contributed by atoms with Crippen molar-refractivity contribution in [3.8, 4) is 6.07 Å². The van der Waals surface area contributed by atoms with Gasteiger partial charge < -0.3 is 11.1 Å². The molecule has 0 unspecified atom stereocenters. The molecule has 1 aromatic heterocycles. The maximum atomic E-state index is 10.7. The molecule has 0 aliphatic rings. The van der Waals surface area contributed by atoms with Crippen LogP contribution in [0, 0.1) is 11.3 Å². The number of nitrogens with zero attached hydrogens (tertiary/aromatic N) is 1. The van der Waals surface area contributed by atoms with Crippen molar-refractivity contribution >= 4 is 17.2 Å². The summed E-state index contributed by atoms with van der Waals surface area (Å²) in [4.78, 5) is 11.7. The highest BCUT2D eigenvalue weighted by atomic mass is 32.1. The predicted octanol–water partition coefficient (Wildman–Crippen LogP) is 0.583. The van der Waals surface area contributed by atoms with Crippen LogP contribution in [0.4, 0.5) is 0 Å². The molecule has 0 saturated heterocycles. The zero-order valence-electron chi connectivity index (χ0n) is 7.78. The molecule has 5 heteroatoms. The van der Waals surface area contributed by atoms with E-state index in [0.717, 1.165) is 4.88 Å². The van der Waals surface area contributed by atoms with E-state index in [9.17, 15) is 4.79 Å². The van der Waals surface area contributed by atoms with Crippen LogP contribution in [0.2, 0.25) is 0 Å². The normalized spacial score (nSPS) is 12.0. The molecule has 4 nitrogen and oxygen atoms in total. The average molecular weight is 209 g/mol. The maximum Gasteiger partial charge on any atom is 0.234 e. The first kappa shape index (κ1) is 10.7. The Morgan fingerprint density at radius 2 is 2.57 bits per heavy atom. The number of carbonyl (C=O) groups excluding carboxylic acids is 1. The van der Waals surface area contributed by atoms with Crippen molar-refractivity contribution in [2.75, 3.05) is 0 Å². The third kappa shape index (κ3) is 2.83. The summed E-state index contributed by atoms with van der Waals surface area (Å²) in [7, 11) is 0. The molecule has 0 aliphatic carbocycles. The second-order valence-electron chi connectivity index (χ2n) is 2.92. The van der Waals surface area contributed by atoms with E-state index >= 15 is 0 Å². The number of carbonyl (C=O) groups is 1. The molecule has 0 bridgehead atoms. The Morgan fingerprint density at radius 3 is 3.07 bits per heavy atom. The molecular weight excluding hydrogens is 198 g/mol. The van der Waals surface area contributed by atoms with Gasteiger partial charge in [0.1, 0.15) is 6.07 Å². The summed E-state index contributed by atoms with van der Waals surface area (Å²) >= 11 is 1.49. The van der Waals surface area contributed by atoms with Gasteiger partial charge in [-0.2, -0.15) is 5.26 Å². The fraction of sp³-hybridized carbons (Fsp3) is 0.333. The molecule has 0 aliphatic heterocycles. The second-order valence-corrected chi connectivity index (χ2v) is 3.91.